The lowest BCUT2D eigenvalue weighted by molar-refractivity contribution is 0.911. The van der Waals surface area contributed by atoms with Crippen LogP contribution in [0.25, 0.3) is 0 Å². The van der Waals surface area contributed by atoms with E-state index in [-0.39, 0.29) is 0 Å². The predicted molar refractivity (Wildman–Crippen MR) is 87.3 cm³/mol. The maximum absolute atomic E-state index is 6.01. The minimum atomic E-state index is 0.343. The van der Waals surface area contributed by atoms with Crippen LogP contribution in [0, 0.1) is 6.92 Å². The van der Waals surface area contributed by atoms with E-state index in [4.69, 9.17) is 5.73 Å². The quantitative estimate of drug-likeness (QED) is 0.848. The third-order valence-electron chi connectivity index (χ3n) is 4.10. The lowest BCUT2D eigenvalue weighted by Gasteiger charge is -2.17. The van der Waals surface area contributed by atoms with E-state index in [0.717, 1.165) is 0 Å². The van der Waals surface area contributed by atoms with Gasteiger partial charge in [0.1, 0.15) is 0 Å². The first-order valence-corrected chi connectivity index (χ1v) is 8.20. The third-order valence-corrected chi connectivity index (χ3v) is 5.35. The van der Waals surface area contributed by atoms with E-state index in [1.54, 1.807) is 0 Å². The summed E-state index contributed by atoms with van der Waals surface area (Å²) in [5.74, 6) is 0. The van der Waals surface area contributed by atoms with Crippen molar-refractivity contribution in [2.45, 2.75) is 36.3 Å². The fraction of sp³-hybridized carbons (Fsp3) is 0.333. The molecule has 1 unspecified atom stereocenters. The van der Waals surface area contributed by atoms with Gasteiger partial charge in [-0.25, -0.2) is 0 Å². The standard InChI is InChI=1S/C18H21NS/c1-13-5-2-3-8-17(13)18(12-19)20-16-10-9-14-6-4-7-15(14)11-16/h2-3,5,8-11,18H,4,6-7,12,19H2,1H3. The molecule has 2 aromatic carbocycles. The van der Waals surface area contributed by atoms with Gasteiger partial charge in [-0.15, -0.1) is 11.8 Å². The number of hydrogen-bond acceptors (Lipinski definition) is 2. The summed E-state index contributed by atoms with van der Waals surface area (Å²) >= 11 is 1.90. The van der Waals surface area contributed by atoms with Crippen molar-refractivity contribution in [1.82, 2.24) is 0 Å². The molecule has 1 atom stereocenters. The van der Waals surface area contributed by atoms with Crippen molar-refractivity contribution in [3.05, 3.63) is 64.7 Å². The Hall–Kier alpha value is -1.25. The van der Waals surface area contributed by atoms with E-state index in [0.29, 0.717) is 11.8 Å². The topological polar surface area (TPSA) is 26.0 Å². The summed E-state index contributed by atoms with van der Waals surface area (Å²) in [5.41, 5.74) is 11.8. The molecule has 3 rings (SSSR count). The van der Waals surface area contributed by atoms with Crippen LogP contribution in [0.4, 0.5) is 0 Å². The maximum Gasteiger partial charge on any atom is 0.0469 e. The van der Waals surface area contributed by atoms with Gasteiger partial charge >= 0.3 is 0 Å². The van der Waals surface area contributed by atoms with Gasteiger partial charge in [-0.2, -0.15) is 0 Å². The van der Waals surface area contributed by atoms with Gasteiger partial charge in [0.05, 0.1) is 0 Å². The van der Waals surface area contributed by atoms with Crippen LogP contribution in [0.3, 0.4) is 0 Å². The summed E-state index contributed by atoms with van der Waals surface area (Å²) in [5, 5.41) is 0.343. The highest BCUT2D eigenvalue weighted by molar-refractivity contribution is 7.99. The Bertz CT molecular complexity index is 606. The summed E-state index contributed by atoms with van der Waals surface area (Å²) in [7, 11) is 0. The lowest BCUT2D eigenvalue weighted by atomic mass is 10.1. The molecule has 2 aromatic rings. The number of hydrogen-bond donors (Lipinski definition) is 1. The van der Waals surface area contributed by atoms with E-state index in [2.05, 4.69) is 49.4 Å². The molecular weight excluding hydrogens is 262 g/mol. The molecule has 0 amide bonds. The van der Waals surface area contributed by atoms with Gasteiger partial charge in [0.2, 0.25) is 0 Å². The van der Waals surface area contributed by atoms with Crippen molar-refractivity contribution in [2.24, 2.45) is 5.73 Å². The zero-order chi connectivity index (χ0) is 13.9. The van der Waals surface area contributed by atoms with E-state index < -0.39 is 0 Å². The molecule has 104 valence electrons. The zero-order valence-electron chi connectivity index (χ0n) is 11.9. The fourth-order valence-corrected chi connectivity index (χ4v) is 4.15. The number of thioether (sulfide) groups is 1. The highest BCUT2D eigenvalue weighted by Crippen LogP contribution is 2.37. The number of nitrogens with two attached hydrogens (primary N) is 1. The molecule has 0 saturated heterocycles. The molecule has 0 radical (unpaired) electrons. The molecule has 2 heteroatoms. The second kappa shape index (κ2) is 6.02. The van der Waals surface area contributed by atoms with E-state index in [1.165, 1.54) is 46.4 Å². The predicted octanol–water partition coefficient (Wildman–Crippen LogP) is 4.28. The molecule has 1 aliphatic rings. The molecule has 1 aliphatic carbocycles. The first kappa shape index (κ1) is 13.7. The largest absolute Gasteiger partial charge is 0.329 e. The van der Waals surface area contributed by atoms with Gasteiger partial charge in [-0.05, 0) is 60.6 Å². The molecule has 0 aromatic heterocycles. The van der Waals surface area contributed by atoms with Gasteiger partial charge in [-0.3, -0.25) is 0 Å². The van der Waals surface area contributed by atoms with Gasteiger partial charge in [0, 0.05) is 16.7 Å². The van der Waals surface area contributed by atoms with E-state index in [9.17, 15) is 0 Å². The Labute approximate surface area is 125 Å². The van der Waals surface area contributed by atoms with Gasteiger partial charge in [-0.1, -0.05) is 30.3 Å². The van der Waals surface area contributed by atoms with E-state index in [1.807, 2.05) is 11.8 Å². The molecule has 20 heavy (non-hydrogen) atoms. The van der Waals surface area contributed by atoms with Crippen LogP contribution in [-0.2, 0) is 12.8 Å². The molecule has 1 nitrogen and oxygen atoms in total. The maximum atomic E-state index is 6.01. The number of benzene rings is 2. The van der Waals surface area contributed by atoms with Crippen LogP contribution in [0.1, 0.15) is 33.9 Å². The van der Waals surface area contributed by atoms with Crippen LogP contribution in [0.2, 0.25) is 0 Å². The normalized spacial score (nSPS) is 15.1. The minimum Gasteiger partial charge on any atom is -0.329 e. The third kappa shape index (κ3) is 2.77. The molecule has 0 fully saturated rings. The summed E-state index contributed by atoms with van der Waals surface area (Å²) in [4.78, 5) is 1.35. The van der Waals surface area contributed by atoms with Crippen LogP contribution in [-0.4, -0.2) is 6.54 Å². The smallest absolute Gasteiger partial charge is 0.0469 e. The van der Waals surface area contributed by atoms with E-state index >= 15 is 0 Å². The summed E-state index contributed by atoms with van der Waals surface area (Å²) in [6.45, 7) is 2.84. The highest BCUT2D eigenvalue weighted by Gasteiger charge is 2.16. The van der Waals surface area contributed by atoms with Crippen molar-refractivity contribution in [3.63, 3.8) is 0 Å². The summed E-state index contributed by atoms with van der Waals surface area (Å²) < 4.78 is 0. The van der Waals surface area contributed by atoms with Crippen LogP contribution < -0.4 is 5.73 Å². The first-order chi connectivity index (χ1) is 9.78. The molecule has 2 N–H and O–H groups in total. The first-order valence-electron chi connectivity index (χ1n) is 7.32. The Kier molecular flexibility index (Phi) is 4.13. The molecule has 0 spiro atoms. The van der Waals surface area contributed by atoms with Crippen molar-refractivity contribution in [3.8, 4) is 0 Å². The average Bonchev–Trinajstić information content (AvgIpc) is 2.93. The molecule has 0 bridgehead atoms. The molecular formula is C18H21NS. The fourth-order valence-electron chi connectivity index (χ4n) is 2.97. The number of rotatable bonds is 4. The molecule has 0 heterocycles. The second-order valence-electron chi connectivity index (χ2n) is 5.48. The van der Waals surface area contributed by atoms with Gasteiger partial charge in [0.15, 0.2) is 0 Å². The second-order valence-corrected chi connectivity index (χ2v) is 6.76. The highest BCUT2D eigenvalue weighted by atomic mass is 32.2. The van der Waals surface area contributed by atoms with Crippen molar-refractivity contribution in [1.29, 1.82) is 0 Å². The van der Waals surface area contributed by atoms with Crippen molar-refractivity contribution in [2.75, 3.05) is 6.54 Å². The summed E-state index contributed by atoms with van der Waals surface area (Å²) in [6, 6.07) is 15.5. The van der Waals surface area contributed by atoms with Gasteiger partial charge < -0.3 is 5.73 Å². The van der Waals surface area contributed by atoms with Crippen LogP contribution in [0.15, 0.2) is 47.4 Å². The minimum absolute atomic E-state index is 0.343. The Morgan fingerprint density at radius 1 is 1.10 bits per heavy atom. The van der Waals surface area contributed by atoms with Crippen molar-refractivity contribution >= 4 is 11.8 Å². The average molecular weight is 283 g/mol. The van der Waals surface area contributed by atoms with Crippen LogP contribution >= 0.6 is 11.8 Å². The molecule has 0 saturated carbocycles. The Morgan fingerprint density at radius 2 is 1.90 bits per heavy atom. The number of fused-ring (bicyclic) bond motifs is 1. The molecule has 0 aliphatic heterocycles. The Morgan fingerprint density at radius 3 is 2.70 bits per heavy atom. The Balaban J connectivity index is 1.83. The number of aryl methyl sites for hydroxylation is 3. The monoisotopic (exact) mass is 283 g/mol. The summed E-state index contributed by atoms with van der Waals surface area (Å²) in [6.07, 6.45) is 3.79. The van der Waals surface area contributed by atoms with Gasteiger partial charge in [0.25, 0.3) is 0 Å². The SMILES string of the molecule is Cc1ccccc1C(CN)Sc1ccc2c(c1)CCC2. The van der Waals surface area contributed by atoms with Crippen molar-refractivity contribution < 1.29 is 0 Å². The zero-order valence-corrected chi connectivity index (χ0v) is 12.7. The lowest BCUT2D eigenvalue weighted by Crippen LogP contribution is -2.10. The van der Waals surface area contributed by atoms with Crippen LogP contribution in [0.5, 0.6) is 0 Å².